The molecule has 2 rings (SSSR count). The zero-order chi connectivity index (χ0) is 9.97. The molecule has 0 aromatic heterocycles. The van der Waals surface area contributed by atoms with Gasteiger partial charge in [0.1, 0.15) is 0 Å². The maximum absolute atomic E-state index is 2.41. The summed E-state index contributed by atoms with van der Waals surface area (Å²) in [5.41, 5.74) is 4.55. The second kappa shape index (κ2) is 4.00. The minimum absolute atomic E-state index is 0.671. The molecule has 0 amide bonds. The standard InChI is InChI=1S/C14H18/c1-11(2)10-13-8-5-7-12-6-3-4-9-14(12)13/h3-4,6,9-10,13H,5,7-8H2,1-2H3/t13-/m0/s1. The number of rotatable bonds is 1. The van der Waals surface area contributed by atoms with E-state index in [1.807, 2.05) is 0 Å². The number of allylic oxidation sites excluding steroid dienone is 2. The first-order chi connectivity index (χ1) is 6.77. The topological polar surface area (TPSA) is 0 Å². The molecular weight excluding hydrogens is 168 g/mol. The molecular formula is C14H18. The van der Waals surface area contributed by atoms with Crippen molar-refractivity contribution in [2.24, 2.45) is 0 Å². The van der Waals surface area contributed by atoms with Gasteiger partial charge in [-0.05, 0) is 44.2 Å². The minimum Gasteiger partial charge on any atom is -0.0798 e. The average molecular weight is 186 g/mol. The van der Waals surface area contributed by atoms with E-state index in [9.17, 15) is 0 Å². The molecule has 0 N–H and O–H groups in total. The van der Waals surface area contributed by atoms with Crippen LogP contribution in [0, 0.1) is 0 Å². The number of hydrogen-bond acceptors (Lipinski definition) is 0. The summed E-state index contributed by atoms with van der Waals surface area (Å²) in [6.07, 6.45) is 6.34. The van der Waals surface area contributed by atoms with Crippen molar-refractivity contribution in [2.45, 2.75) is 39.0 Å². The van der Waals surface area contributed by atoms with E-state index in [0.717, 1.165) is 0 Å². The molecule has 0 unspecified atom stereocenters. The number of fused-ring (bicyclic) bond motifs is 1. The molecule has 0 saturated carbocycles. The van der Waals surface area contributed by atoms with Gasteiger partial charge in [0.15, 0.2) is 0 Å². The van der Waals surface area contributed by atoms with E-state index in [1.54, 1.807) is 11.1 Å². The fraction of sp³-hybridized carbons (Fsp3) is 0.429. The Morgan fingerprint density at radius 2 is 2.07 bits per heavy atom. The molecule has 1 aromatic rings. The van der Waals surface area contributed by atoms with E-state index in [0.29, 0.717) is 5.92 Å². The molecule has 1 atom stereocenters. The lowest BCUT2D eigenvalue weighted by Gasteiger charge is -2.23. The van der Waals surface area contributed by atoms with E-state index in [1.165, 1.54) is 24.8 Å². The molecule has 0 heterocycles. The van der Waals surface area contributed by atoms with Gasteiger partial charge in [0.05, 0.1) is 0 Å². The maximum Gasteiger partial charge on any atom is 0.00232 e. The highest BCUT2D eigenvalue weighted by Crippen LogP contribution is 2.32. The van der Waals surface area contributed by atoms with Crippen molar-refractivity contribution in [3.63, 3.8) is 0 Å². The predicted octanol–water partition coefficient (Wildman–Crippen LogP) is 4.07. The van der Waals surface area contributed by atoms with E-state index in [-0.39, 0.29) is 0 Å². The lowest BCUT2D eigenvalue weighted by Crippen LogP contribution is -2.07. The average Bonchev–Trinajstić information content (AvgIpc) is 2.18. The van der Waals surface area contributed by atoms with Crippen molar-refractivity contribution in [1.29, 1.82) is 0 Å². The summed E-state index contributed by atoms with van der Waals surface area (Å²) in [6.45, 7) is 4.38. The summed E-state index contributed by atoms with van der Waals surface area (Å²) in [5, 5.41) is 0. The predicted molar refractivity (Wildman–Crippen MR) is 61.6 cm³/mol. The monoisotopic (exact) mass is 186 g/mol. The van der Waals surface area contributed by atoms with Gasteiger partial charge in [-0.3, -0.25) is 0 Å². The van der Waals surface area contributed by atoms with Gasteiger partial charge >= 0.3 is 0 Å². The van der Waals surface area contributed by atoms with Crippen LogP contribution in [-0.4, -0.2) is 0 Å². The minimum atomic E-state index is 0.671. The van der Waals surface area contributed by atoms with Crippen molar-refractivity contribution in [2.75, 3.05) is 0 Å². The molecule has 0 saturated heterocycles. The summed E-state index contributed by atoms with van der Waals surface area (Å²) in [5.74, 6) is 0.671. The van der Waals surface area contributed by atoms with Crippen LogP contribution < -0.4 is 0 Å². The van der Waals surface area contributed by atoms with Crippen molar-refractivity contribution in [1.82, 2.24) is 0 Å². The Labute approximate surface area is 86.7 Å². The summed E-state index contributed by atoms with van der Waals surface area (Å²) in [6, 6.07) is 8.89. The molecule has 1 aliphatic carbocycles. The molecule has 1 aliphatic rings. The fourth-order valence-corrected chi connectivity index (χ4v) is 2.37. The van der Waals surface area contributed by atoms with Crippen LogP contribution in [0.15, 0.2) is 35.9 Å². The molecule has 1 aromatic carbocycles. The second-order valence-electron chi connectivity index (χ2n) is 4.44. The number of hydrogen-bond donors (Lipinski definition) is 0. The largest absolute Gasteiger partial charge is 0.0798 e. The lowest BCUT2D eigenvalue weighted by atomic mass is 9.82. The van der Waals surface area contributed by atoms with Crippen LogP contribution in [0.25, 0.3) is 0 Å². The summed E-state index contributed by atoms with van der Waals surface area (Å²) >= 11 is 0. The molecule has 0 radical (unpaired) electrons. The quantitative estimate of drug-likeness (QED) is 0.580. The number of aryl methyl sites for hydroxylation is 1. The first-order valence-electron chi connectivity index (χ1n) is 5.50. The van der Waals surface area contributed by atoms with Crippen LogP contribution in [0.2, 0.25) is 0 Å². The van der Waals surface area contributed by atoms with Gasteiger partial charge in [-0.25, -0.2) is 0 Å². The van der Waals surface area contributed by atoms with E-state index in [4.69, 9.17) is 0 Å². The zero-order valence-electron chi connectivity index (χ0n) is 9.09. The first kappa shape index (κ1) is 9.51. The molecule has 0 aliphatic heterocycles. The Morgan fingerprint density at radius 1 is 1.29 bits per heavy atom. The van der Waals surface area contributed by atoms with Gasteiger partial charge in [-0.2, -0.15) is 0 Å². The normalized spacial score (nSPS) is 20.0. The van der Waals surface area contributed by atoms with Crippen LogP contribution in [0.3, 0.4) is 0 Å². The second-order valence-corrected chi connectivity index (χ2v) is 4.44. The van der Waals surface area contributed by atoms with Crippen LogP contribution in [0.4, 0.5) is 0 Å². The molecule has 0 heteroatoms. The third kappa shape index (κ3) is 1.89. The van der Waals surface area contributed by atoms with Gasteiger partial charge in [-0.1, -0.05) is 35.9 Å². The summed E-state index contributed by atoms with van der Waals surface area (Å²) < 4.78 is 0. The summed E-state index contributed by atoms with van der Waals surface area (Å²) in [7, 11) is 0. The van der Waals surface area contributed by atoms with Gasteiger partial charge < -0.3 is 0 Å². The smallest absolute Gasteiger partial charge is 0.00232 e. The van der Waals surface area contributed by atoms with Crippen molar-refractivity contribution >= 4 is 0 Å². The van der Waals surface area contributed by atoms with Crippen LogP contribution in [-0.2, 0) is 6.42 Å². The molecule has 14 heavy (non-hydrogen) atoms. The van der Waals surface area contributed by atoms with E-state index >= 15 is 0 Å². The third-order valence-corrected chi connectivity index (χ3v) is 2.95. The lowest BCUT2D eigenvalue weighted by molar-refractivity contribution is 0.626. The summed E-state index contributed by atoms with van der Waals surface area (Å²) in [4.78, 5) is 0. The van der Waals surface area contributed by atoms with Crippen LogP contribution >= 0.6 is 0 Å². The number of benzene rings is 1. The Bertz CT molecular complexity index is 343. The Morgan fingerprint density at radius 3 is 2.86 bits per heavy atom. The third-order valence-electron chi connectivity index (χ3n) is 2.95. The van der Waals surface area contributed by atoms with Crippen LogP contribution in [0.5, 0.6) is 0 Å². The Balaban J connectivity index is 2.35. The highest BCUT2D eigenvalue weighted by Gasteiger charge is 2.16. The van der Waals surface area contributed by atoms with Crippen molar-refractivity contribution in [3.8, 4) is 0 Å². The molecule has 0 spiro atoms. The highest BCUT2D eigenvalue weighted by molar-refractivity contribution is 5.35. The van der Waals surface area contributed by atoms with E-state index < -0.39 is 0 Å². The zero-order valence-corrected chi connectivity index (χ0v) is 9.09. The van der Waals surface area contributed by atoms with Gasteiger partial charge in [0.2, 0.25) is 0 Å². The van der Waals surface area contributed by atoms with Gasteiger partial charge in [-0.15, -0.1) is 0 Å². The van der Waals surface area contributed by atoms with Crippen LogP contribution in [0.1, 0.15) is 43.7 Å². The molecule has 0 nitrogen and oxygen atoms in total. The molecule has 0 fully saturated rings. The maximum atomic E-state index is 2.41. The SMILES string of the molecule is CC(C)=C[C@@H]1CCCc2ccccc21. The molecule has 74 valence electrons. The fourth-order valence-electron chi connectivity index (χ4n) is 2.37. The van der Waals surface area contributed by atoms with Crippen molar-refractivity contribution in [3.05, 3.63) is 47.0 Å². The van der Waals surface area contributed by atoms with E-state index in [2.05, 4.69) is 44.2 Å². The Hall–Kier alpha value is -1.04. The van der Waals surface area contributed by atoms with Gasteiger partial charge in [0, 0.05) is 5.92 Å². The first-order valence-corrected chi connectivity index (χ1v) is 5.50. The van der Waals surface area contributed by atoms with Crippen molar-refractivity contribution < 1.29 is 0 Å². The molecule has 0 bridgehead atoms. The van der Waals surface area contributed by atoms with Gasteiger partial charge in [0.25, 0.3) is 0 Å². The Kier molecular flexibility index (Phi) is 2.72. The highest BCUT2D eigenvalue weighted by atomic mass is 14.2.